The highest BCUT2D eigenvalue weighted by atomic mass is 16.8. The normalized spacial score (nSPS) is 50.3. The Morgan fingerprint density at radius 1 is 0.233 bits per heavy atom. The van der Waals surface area contributed by atoms with Crippen LogP contribution in [0.25, 0.3) is 0 Å². The molecule has 4 amide bonds. The van der Waals surface area contributed by atoms with Crippen LogP contribution >= 0.6 is 0 Å². The summed E-state index contributed by atoms with van der Waals surface area (Å²) in [6.45, 7) is -0.121. The summed E-state index contributed by atoms with van der Waals surface area (Å²) in [5, 5.41) is 289. The van der Waals surface area contributed by atoms with Crippen molar-refractivity contribution in [3.8, 4) is 0 Å². The van der Waals surface area contributed by atoms with E-state index in [0.29, 0.717) is 0 Å². The van der Waals surface area contributed by atoms with Crippen molar-refractivity contribution in [2.24, 2.45) is 0 Å². The zero-order chi connectivity index (χ0) is 88.4. The Kier molecular flexibility index (Phi) is 34.7. The van der Waals surface area contributed by atoms with Crippen molar-refractivity contribution in [2.75, 3.05) is 46.2 Å². The molecule has 0 unspecified atom stereocenters. The highest BCUT2D eigenvalue weighted by Gasteiger charge is 2.62. The molecular weight excluding hydrogens is 1640 g/mol. The highest BCUT2D eigenvalue weighted by molar-refractivity contribution is 5.74. The number of carbonyl (C=O) groups excluding carboxylic acids is 4. The van der Waals surface area contributed by atoms with Crippen LogP contribution in [-0.4, -0.2) is 504 Å². The summed E-state index contributed by atoms with van der Waals surface area (Å²) in [5.74, 6) is -3.68. The van der Waals surface area contributed by atoms with Crippen LogP contribution in [0.3, 0.4) is 0 Å². The molecule has 0 aromatic rings. The predicted molar refractivity (Wildman–Crippen MR) is 372 cm³/mol. The molecule has 0 aromatic carbocycles. The first kappa shape index (κ1) is 98.3. The van der Waals surface area contributed by atoms with Crippen molar-refractivity contribution >= 4 is 23.6 Å². The fourth-order valence-corrected chi connectivity index (χ4v) is 15.7. The van der Waals surface area contributed by atoms with Gasteiger partial charge in [-0.1, -0.05) is 0 Å². The molecule has 10 heterocycles. The van der Waals surface area contributed by atoms with E-state index in [1.807, 2.05) is 0 Å². The average Bonchev–Trinajstić information content (AvgIpc) is 0.752. The lowest BCUT2D eigenvalue weighted by molar-refractivity contribution is -0.400. The van der Waals surface area contributed by atoms with Gasteiger partial charge in [0, 0.05) is 27.7 Å². The summed E-state index contributed by atoms with van der Waals surface area (Å²) >= 11 is 0. The maximum absolute atomic E-state index is 13.5. The molecule has 52 nitrogen and oxygen atoms in total. The smallest absolute Gasteiger partial charge is 0.217 e. The monoisotopic (exact) mass is 1750 g/mol. The lowest BCUT2D eigenvalue weighted by atomic mass is 9.93. The number of hydrogen-bond acceptors (Lipinski definition) is 48. The first-order valence-electron chi connectivity index (χ1n) is 38.7. The minimum absolute atomic E-state index is 0.840. The van der Waals surface area contributed by atoms with Gasteiger partial charge < -0.3 is 239 Å². The van der Waals surface area contributed by atoms with Crippen LogP contribution in [-0.2, 0) is 109 Å². The predicted octanol–water partition coefficient (Wildman–Crippen LogP) is -19.1. The molecule has 10 aliphatic rings. The van der Waals surface area contributed by atoms with Gasteiger partial charge in [-0.3, -0.25) is 19.2 Å². The number of carbonyl (C=O) groups is 4. The van der Waals surface area contributed by atoms with Crippen LogP contribution in [0.1, 0.15) is 48.5 Å². The minimum atomic E-state index is -2.43. The minimum Gasteiger partial charge on any atom is -0.394 e. The molecule has 0 bridgehead atoms. The molecule has 0 spiro atoms. The van der Waals surface area contributed by atoms with E-state index in [1.54, 1.807) is 0 Å². The van der Waals surface area contributed by atoms with Crippen molar-refractivity contribution in [3.63, 3.8) is 0 Å². The molecule has 694 valence electrons. The van der Waals surface area contributed by atoms with Crippen LogP contribution in [0.4, 0.5) is 0 Å². The quantitative estimate of drug-likeness (QED) is 0.0331. The fraction of sp³-hybridized carbons (Fsp3) is 0.941. The summed E-state index contributed by atoms with van der Waals surface area (Å²) < 4.78 is 114. The Bertz CT molecular complexity index is 3250. The first-order valence-corrected chi connectivity index (χ1v) is 38.7. The molecule has 0 aromatic heterocycles. The second-order valence-corrected chi connectivity index (χ2v) is 30.9. The third-order valence-electron chi connectivity index (χ3n) is 22.4. The van der Waals surface area contributed by atoms with Crippen molar-refractivity contribution < 1.29 is 237 Å². The lowest BCUT2D eigenvalue weighted by Crippen LogP contribution is -2.71. The Morgan fingerprint density at radius 2 is 0.550 bits per heavy atom. The Labute approximate surface area is 681 Å². The van der Waals surface area contributed by atoms with E-state index >= 15 is 0 Å². The third-order valence-corrected chi connectivity index (χ3v) is 22.4. The van der Waals surface area contributed by atoms with Crippen LogP contribution in [0.15, 0.2) is 0 Å². The third kappa shape index (κ3) is 21.4. The van der Waals surface area contributed by atoms with E-state index in [2.05, 4.69) is 21.3 Å². The molecule has 0 saturated carbocycles. The zero-order valence-corrected chi connectivity index (χ0v) is 65.4. The second kappa shape index (κ2) is 42.4. The first-order chi connectivity index (χ1) is 56.6. The lowest BCUT2D eigenvalue weighted by Gasteiger charge is -2.52. The molecule has 0 radical (unpaired) electrons. The molecule has 120 heavy (non-hydrogen) atoms. The van der Waals surface area contributed by atoms with Gasteiger partial charge in [-0.05, 0) is 20.8 Å². The SMILES string of the molecule is CC(=O)N[C@@H]1[C@@H](O[C@@H]2O[C@H](CO)[C@H](O)[C@H](O[C@@H]3O[C@H](CO)[C@@H](O)[C@H](O)[C@H]3NC(C)=O)[C@H]2O[C@@H]2O[C@@H](C)[C@@H](O)[C@@H](O)[C@@H]2O)[C@@H](O)[C@@H](CO[C@@H]2O[C@H](CO)[C@@H](O[C@@H]3O[C@H](CO)[C@H](O)[C@H](O[C@@H]4O[C@H](CO)[C@@H](O[C@@H]5O[C@H](CO)[C@H](O)[C@H](O)[C@H]5O[C@@H]5O[C@@H](C)[C@@H](O)[C@@H](O)[C@@H]5O)[C@H](O[C@@H]5O[C@@H](C)[C@@H](O)[C@@H](O)[C@@H]5O)[C@H]4NC(C)=O)[C@H]3O)[C@H](O)[C@H]2NC(C)=O)O[C@@H]1O. The number of amides is 4. The van der Waals surface area contributed by atoms with Crippen molar-refractivity contribution in [1.29, 1.82) is 0 Å². The number of aliphatic hydroxyl groups excluding tert-OH is 25. The van der Waals surface area contributed by atoms with E-state index < -0.39 is 377 Å². The van der Waals surface area contributed by atoms with E-state index in [4.69, 9.17) is 90.0 Å². The van der Waals surface area contributed by atoms with Gasteiger partial charge in [0.25, 0.3) is 0 Å². The van der Waals surface area contributed by atoms with Gasteiger partial charge in [-0.25, -0.2) is 0 Å². The van der Waals surface area contributed by atoms with Crippen molar-refractivity contribution in [2.45, 2.75) is 355 Å². The van der Waals surface area contributed by atoms with Gasteiger partial charge in [0.05, 0.1) is 64.6 Å². The van der Waals surface area contributed by atoms with Gasteiger partial charge >= 0.3 is 0 Å². The number of nitrogens with one attached hydrogen (secondary N) is 4. The van der Waals surface area contributed by atoms with Gasteiger partial charge in [0.2, 0.25) is 23.6 Å². The standard InChI is InChI=1S/C68H114N4O48/c1-15-33(83)43(93)47(97)63(103-15)116-54-32(72-21(7)82)62(112-27(13-78)52(54)114-67-57(46(96)37(87)23(9-74)109-67)119-64-48(98)44(94)34(84)16(2)104-64)117-55-38(88)24(10-75)108-66(50(55)100)113-51-26(12-77)111-60(30(42(51)92)70-19(5)80)102-14-28-40(90)53(31(59(101)106-28)71-20(6)81)115-68-58(120-65-49(99)45(95)35(85)17(3)105-65)56(39(89)25(11-76)110-68)118-61-29(69-18(4)79)41(91)36(86)22(8-73)107-61/h15-17,22-68,73-78,83-101H,8-14H2,1-7H3,(H,69,79)(H,70,80)(H,71,81)(H,72,82)/t15-,16-,17-,22+,23+,24+,25+,26+,27+,28+,29+,30+,31+,32+,33+,34+,35+,36+,37-,38-,39-,40-,41+,42+,43+,44+,45+,46-,47-,48-,49-,50+,51+,52+,53+,54+,55-,56-,57+,58+,59-,60+,61-,62-,63-,64-,65-,66-,67-,68-/m0/s1. The molecule has 0 aliphatic carbocycles. The molecular formula is C68H114N4O48. The van der Waals surface area contributed by atoms with Crippen LogP contribution in [0.2, 0.25) is 0 Å². The second-order valence-electron chi connectivity index (χ2n) is 30.9. The number of ether oxygens (including phenoxy) is 19. The van der Waals surface area contributed by atoms with Gasteiger partial charge in [-0.2, -0.15) is 0 Å². The molecule has 29 N–H and O–H groups in total. The van der Waals surface area contributed by atoms with Crippen LogP contribution < -0.4 is 21.3 Å². The van der Waals surface area contributed by atoms with Gasteiger partial charge in [0.1, 0.15) is 226 Å². The van der Waals surface area contributed by atoms with Crippen LogP contribution in [0.5, 0.6) is 0 Å². The van der Waals surface area contributed by atoms with E-state index in [0.717, 1.165) is 27.7 Å². The Balaban J connectivity index is 0.909. The van der Waals surface area contributed by atoms with E-state index in [-0.39, 0.29) is 0 Å². The summed E-state index contributed by atoms with van der Waals surface area (Å²) in [5.41, 5.74) is 0. The van der Waals surface area contributed by atoms with Gasteiger partial charge in [-0.15, -0.1) is 0 Å². The van der Waals surface area contributed by atoms with Crippen LogP contribution in [0, 0.1) is 0 Å². The van der Waals surface area contributed by atoms with Gasteiger partial charge in [0.15, 0.2) is 62.9 Å². The molecule has 52 heteroatoms. The highest BCUT2D eigenvalue weighted by Crippen LogP contribution is 2.42. The average molecular weight is 1760 g/mol. The molecule has 10 aliphatic heterocycles. The fourth-order valence-electron chi connectivity index (χ4n) is 15.7. The van der Waals surface area contributed by atoms with Crippen molar-refractivity contribution in [3.05, 3.63) is 0 Å². The summed E-state index contributed by atoms with van der Waals surface area (Å²) in [6.07, 6.45) is -92.0. The molecule has 50 atom stereocenters. The summed E-state index contributed by atoms with van der Waals surface area (Å²) in [4.78, 5) is 52.1. The molecule has 10 saturated heterocycles. The van der Waals surface area contributed by atoms with Crippen molar-refractivity contribution in [1.82, 2.24) is 21.3 Å². The molecule has 10 rings (SSSR count). The number of rotatable bonds is 29. The maximum Gasteiger partial charge on any atom is 0.217 e. The number of aliphatic hydroxyl groups is 25. The summed E-state index contributed by atoms with van der Waals surface area (Å²) in [7, 11) is 0. The van der Waals surface area contributed by atoms with E-state index in [9.17, 15) is 147 Å². The zero-order valence-electron chi connectivity index (χ0n) is 65.4. The molecule has 10 fully saturated rings. The van der Waals surface area contributed by atoms with E-state index in [1.165, 1.54) is 20.8 Å². The number of hydrogen-bond donors (Lipinski definition) is 29. The Morgan fingerprint density at radius 3 is 1.03 bits per heavy atom. The largest absolute Gasteiger partial charge is 0.394 e. The summed E-state index contributed by atoms with van der Waals surface area (Å²) in [6, 6.07) is -7.54. The maximum atomic E-state index is 13.5. The Hall–Kier alpha value is -3.88. The topological polar surface area (TPSA) is 798 Å².